The lowest BCUT2D eigenvalue weighted by atomic mass is 10.1. The average Bonchev–Trinajstić information content (AvgIpc) is 2.79. The van der Waals surface area contributed by atoms with Gasteiger partial charge >= 0.3 is 0 Å². The molecule has 2 aromatic heterocycles. The molecule has 1 N–H and O–H groups in total. The Kier molecular flexibility index (Phi) is 2.53. The lowest BCUT2D eigenvalue weighted by Gasteiger charge is -2.01. The molecule has 1 unspecified atom stereocenters. The largest absolute Gasteiger partial charge is 0.347 e. The molecule has 2 heterocycles. The molecule has 0 aliphatic carbocycles. The Balaban J connectivity index is 2.37. The zero-order chi connectivity index (χ0) is 9.97. The maximum Gasteiger partial charge on any atom is 0.138 e. The van der Waals surface area contributed by atoms with E-state index in [0.717, 1.165) is 4.88 Å². The summed E-state index contributed by atoms with van der Waals surface area (Å²) < 4.78 is 0.687. The van der Waals surface area contributed by atoms with Crippen molar-refractivity contribution in [3.63, 3.8) is 0 Å². The third kappa shape index (κ3) is 1.65. The molecule has 0 aliphatic heterocycles. The summed E-state index contributed by atoms with van der Waals surface area (Å²) in [5.74, 6) is 0.313. The molecule has 70 valence electrons. The molecule has 0 saturated heterocycles. The van der Waals surface area contributed by atoms with Gasteiger partial charge in [-0.15, -0.1) is 11.3 Å². The van der Waals surface area contributed by atoms with Crippen molar-refractivity contribution >= 4 is 22.9 Å². The first kappa shape index (κ1) is 9.25. The van der Waals surface area contributed by atoms with Crippen LogP contribution in [0, 0.1) is 11.3 Å². The molecule has 0 aliphatic rings. The fourth-order valence-corrected chi connectivity index (χ4v) is 2.29. The van der Waals surface area contributed by atoms with Crippen LogP contribution in [0.3, 0.4) is 0 Å². The normalized spacial score (nSPS) is 12.3. The second-order valence-corrected chi connectivity index (χ2v) is 4.43. The number of nitriles is 1. The SMILES string of the molecule is N#CC(c1ncc[nH]1)c1ccc(Cl)s1. The molecule has 0 spiro atoms. The summed E-state index contributed by atoms with van der Waals surface area (Å²) in [5.41, 5.74) is 0. The van der Waals surface area contributed by atoms with Gasteiger partial charge in [0.2, 0.25) is 0 Å². The minimum absolute atomic E-state index is 0.345. The molecule has 2 rings (SSSR count). The Hall–Kier alpha value is -1.31. The molecule has 3 nitrogen and oxygen atoms in total. The third-order valence-electron chi connectivity index (χ3n) is 1.80. The van der Waals surface area contributed by atoms with Crippen molar-refractivity contribution in [2.45, 2.75) is 5.92 Å². The number of hydrogen-bond donors (Lipinski definition) is 1. The number of rotatable bonds is 2. The molecule has 2 aromatic rings. The topological polar surface area (TPSA) is 52.5 Å². The van der Waals surface area contributed by atoms with Crippen LogP contribution >= 0.6 is 22.9 Å². The zero-order valence-corrected chi connectivity index (χ0v) is 8.64. The van der Waals surface area contributed by atoms with Gasteiger partial charge in [0.05, 0.1) is 10.4 Å². The standard InChI is InChI=1S/C9H6ClN3S/c10-8-2-1-7(14-8)6(5-11)9-12-3-4-13-9/h1-4,6H,(H,12,13). The summed E-state index contributed by atoms with van der Waals surface area (Å²) in [7, 11) is 0. The molecular weight excluding hydrogens is 218 g/mol. The van der Waals surface area contributed by atoms with Crippen LogP contribution in [0.5, 0.6) is 0 Å². The summed E-state index contributed by atoms with van der Waals surface area (Å²) in [6.07, 6.45) is 3.34. The summed E-state index contributed by atoms with van der Waals surface area (Å²) in [6, 6.07) is 5.83. The van der Waals surface area contributed by atoms with E-state index in [1.807, 2.05) is 6.07 Å². The van der Waals surface area contributed by atoms with Gasteiger partial charge in [-0.25, -0.2) is 4.98 Å². The van der Waals surface area contributed by atoms with Crippen LogP contribution in [0.4, 0.5) is 0 Å². The molecule has 1 atom stereocenters. The van der Waals surface area contributed by atoms with Crippen LogP contribution < -0.4 is 0 Å². The Bertz CT molecular complexity index is 455. The van der Waals surface area contributed by atoms with Crippen LogP contribution in [0.25, 0.3) is 0 Å². The van der Waals surface area contributed by atoms with Crippen molar-refractivity contribution in [3.8, 4) is 6.07 Å². The number of aromatic amines is 1. The molecule has 0 amide bonds. The molecule has 14 heavy (non-hydrogen) atoms. The van der Waals surface area contributed by atoms with Gasteiger partial charge in [0.15, 0.2) is 0 Å². The molecule has 0 fully saturated rings. The van der Waals surface area contributed by atoms with Gasteiger partial charge < -0.3 is 4.98 Å². The average molecular weight is 224 g/mol. The lowest BCUT2D eigenvalue weighted by molar-refractivity contribution is 0.946. The highest BCUT2D eigenvalue weighted by molar-refractivity contribution is 7.16. The van der Waals surface area contributed by atoms with E-state index in [1.54, 1.807) is 18.5 Å². The lowest BCUT2D eigenvalue weighted by Crippen LogP contribution is -1.97. The van der Waals surface area contributed by atoms with Gasteiger partial charge in [0.25, 0.3) is 0 Å². The first-order valence-electron chi connectivity index (χ1n) is 3.95. The van der Waals surface area contributed by atoms with E-state index in [0.29, 0.717) is 10.2 Å². The van der Waals surface area contributed by atoms with Crippen molar-refractivity contribution in [2.24, 2.45) is 0 Å². The quantitative estimate of drug-likeness (QED) is 0.851. The van der Waals surface area contributed by atoms with E-state index in [-0.39, 0.29) is 5.92 Å². The van der Waals surface area contributed by atoms with Crippen LogP contribution in [-0.2, 0) is 0 Å². The van der Waals surface area contributed by atoms with E-state index in [4.69, 9.17) is 16.9 Å². The predicted molar refractivity (Wildman–Crippen MR) is 55.4 cm³/mol. The third-order valence-corrected chi connectivity index (χ3v) is 3.10. The Labute approximate surface area is 90.0 Å². The van der Waals surface area contributed by atoms with Gasteiger partial charge in [-0.3, -0.25) is 0 Å². The first-order chi connectivity index (χ1) is 6.81. The number of nitrogens with zero attached hydrogens (tertiary/aromatic N) is 2. The van der Waals surface area contributed by atoms with Gasteiger partial charge in [0, 0.05) is 17.3 Å². The van der Waals surface area contributed by atoms with Crippen molar-refractivity contribution in [3.05, 3.63) is 39.6 Å². The van der Waals surface area contributed by atoms with E-state index < -0.39 is 0 Å². The number of H-pyrrole nitrogens is 1. The van der Waals surface area contributed by atoms with Crippen LogP contribution in [-0.4, -0.2) is 9.97 Å². The summed E-state index contributed by atoms with van der Waals surface area (Å²) in [5, 5.41) is 9.01. The summed E-state index contributed by atoms with van der Waals surface area (Å²) in [6.45, 7) is 0. The molecule has 0 radical (unpaired) electrons. The number of hydrogen-bond acceptors (Lipinski definition) is 3. The van der Waals surface area contributed by atoms with E-state index in [2.05, 4.69) is 16.0 Å². The zero-order valence-electron chi connectivity index (χ0n) is 7.07. The minimum atomic E-state index is -0.345. The smallest absolute Gasteiger partial charge is 0.138 e. The van der Waals surface area contributed by atoms with Crippen LogP contribution in [0.15, 0.2) is 24.5 Å². The monoisotopic (exact) mass is 223 g/mol. The van der Waals surface area contributed by atoms with E-state index in [1.165, 1.54) is 11.3 Å². The van der Waals surface area contributed by atoms with Crippen LogP contribution in [0.2, 0.25) is 4.34 Å². The van der Waals surface area contributed by atoms with Gasteiger partial charge in [-0.05, 0) is 12.1 Å². The van der Waals surface area contributed by atoms with E-state index >= 15 is 0 Å². The number of aromatic nitrogens is 2. The Morgan fingerprint density at radius 1 is 1.57 bits per heavy atom. The number of thiophene rings is 1. The van der Waals surface area contributed by atoms with Crippen LogP contribution in [0.1, 0.15) is 16.6 Å². The van der Waals surface area contributed by atoms with Gasteiger partial charge in [-0.1, -0.05) is 11.6 Å². The van der Waals surface area contributed by atoms with Crippen molar-refractivity contribution < 1.29 is 0 Å². The van der Waals surface area contributed by atoms with Gasteiger partial charge in [-0.2, -0.15) is 5.26 Å². The number of imidazole rings is 1. The summed E-state index contributed by atoms with van der Waals surface area (Å²) in [4.78, 5) is 7.89. The molecule has 5 heteroatoms. The fourth-order valence-electron chi connectivity index (χ4n) is 1.18. The highest BCUT2D eigenvalue weighted by Crippen LogP contribution is 2.30. The molecule has 0 saturated carbocycles. The maximum absolute atomic E-state index is 9.01. The van der Waals surface area contributed by atoms with Crippen molar-refractivity contribution in [1.29, 1.82) is 5.26 Å². The Morgan fingerprint density at radius 3 is 2.93 bits per heavy atom. The molecule has 0 bridgehead atoms. The second-order valence-electron chi connectivity index (χ2n) is 2.68. The Morgan fingerprint density at radius 2 is 2.43 bits per heavy atom. The predicted octanol–water partition coefficient (Wildman–Crippen LogP) is 2.78. The van der Waals surface area contributed by atoms with Crippen molar-refractivity contribution in [2.75, 3.05) is 0 Å². The fraction of sp³-hybridized carbons (Fsp3) is 0.111. The highest BCUT2D eigenvalue weighted by Gasteiger charge is 2.17. The minimum Gasteiger partial charge on any atom is -0.347 e. The molecular formula is C9H6ClN3S. The number of halogens is 1. The van der Waals surface area contributed by atoms with Gasteiger partial charge in [0.1, 0.15) is 11.7 Å². The van der Waals surface area contributed by atoms with Crippen molar-refractivity contribution in [1.82, 2.24) is 9.97 Å². The second kappa shape index (κ2) is 3.82. The number of nitrogens with one attached hydrogen (secondary N) is 1. The summed E-state index contributed by atoms with van der Waals surface area (Å²) >= 11 is 7.20. The first-order valence-corrected chi connectivity index (χ1v) is 5.15. The van der Waals surface area contributed by atoms with E-state index in [9.17, 15) is 0 Å². The highest BCUT2D eigenvalue weighted by atomic mass is 35.5. The molecule has 0 aromatic carbocycles. The maximum atomic E-state index is 9.01.